The van der Waals surface area contributed by atoms with Crippen molar-refractivity contribution in [3.63, 3.8) is 0 Å². The standard InChI is InChI=1S/C21H26N4O3S2/c1-2-11-22-20(28)23-16(26)12-29-21-24-18-17(14-9-5-6-10-15(14)30-18)19(27)25(21)13-7-3-4-8-13/h2,13H,1,3-12H2,(H2,22,23,26,28). The number of hydrogen-bond acceptors (Lipinski definition) is 6. The Morgan fingerprint density at radius 2 is 2.00 bits per heavy atom. The molecule has 0 saturated heterocycles. The molecule has 2 heterocycles. The minimum atomic E-state index is -0.553. The van der Waals surface area contributed by atoms with Gasteiger partial charge < -0.3 is 5.32 Å². The molecule has 0 spiro atoms. The van der Waals surface area contributed by atoms with Gasteiger partial charge in [0.05, 0.1) is 11.1 Å². The number of thiophene rings is 1. The molecule has 1 fully saturated rings. The average Bonchev–Trinajstić information content (AvgIpc) is 3.38. The van der Waals surface area contributed by atoms with E-state index < -0.39 is 11.9 Å². The highest BCUT2D eigenvalue weighted by Crippen LogP contribution is 2.37. The molecule has 0 atom stereocenters. The molecule has 0 aromatic carbocycles. The lowest BCUT2D eigenvalue weighted by atomic mass is 9.97. The smallest absolute Gasteiger partial charge is 0.321 e. The molecule has 9 heteroatoms. The Kier molecular flexibility index (Phi) is 6.58. The first-order valence-corrected chi connectivity index (χ1v) is 12.3. The molecule has 3 amide bonds. The van der Waals surface area contributed by atoms with Gasteiger partial charge in [-0.15, -0.1) is 17.9 Å². The minimum Gasteiger partial charge on any atom is -0.334 e. The van der Waals surface area contributed by atoms with Crippen molar-refractivity contribution in [1.29, 1.82) is 0 Å². The predicted molar refractivity (Wildman–Crippen MR) is 120 cm³/mol. The predicted octanol–water partition coefficient (Wildman–Crippen LogP) is 3.56. The summed E-state index contributed by atoms with van der Waals surface area (Å²) in [6, 6.07) is -0.419. The first-order valence-electron chi connectivity index (χ1n) is 10.5. The lowest BCUT2D eigenvalue weighted by Gasteiger charge is -2.18. The topological polar surface area (TPSA) is 93.1 Å². The fourth-order valence-corrected chi connectivity index (χ4v) is 6.46. The van der Waals surface area contributed by atoms with Crippen molar-refractivity contribution in [2.45, 2.75) is 62.6 Å². The van der Waals surface area contributed by atoms with Crippen LogP contribution in [0.1, 0.15) is 55.0 Å². The molecule has 0 radical (unpaired) electrons. The zero-order valence-corrected chi connectivity index (χ0v) is 18.5. The maximum absolute atomic E-state index is 13.6. The molecule has 0 aliphatic heterocycles. The zero-order valence-electron chi connectivity index (χ0n) is 16.9. The van der Waals surface area contributed by atoms with Crippen LogP contribution in [0.3, 0.4) is 0 Å². The van der Waals surface area contributed by atoms with E-state index in [1.54, 1.807) is 17.4 Å². The van der Waals surface area contributed by atoms with Gasteiger partial charge in [-0.25, -0.2) is 9.78 Å². The summed E-state index contributed by atoms with van der Waals surface area (Å²) < 4.78 is 1.83. The van der Waals surface area contributed by atoms with Gasteiger partial charge in [-0.3, -0.25) is 19.5 Å². The summed E-state index contributed by atoms with van der Waals surface area (Å²) in [5.74, 6) is -0.392. The first-order chi connectivity index (χ1) is 14.6. The number of amides is 3. The van der Waals surface area contributed by atoms with E-state index in [0.29, 0.717) is 5.16 Å². The van der Waals surface area contributed by atoms with Crippen molar-refractivity contribution in [3.05, 3.63) is 33.4 Å². The van der Waals surface area contributed by atoms with Crippen molar-refractivity contribution in [1.82, 2.24) is 20.2 Å². The molecule has 2 aliphatic rings. The molecular weight excluding hydrogens is 420 g/mol. The van der Waals surface area contributed by atoms with E-state index in [9.17, 15) is 14.4 Å². The summed E-state index contributed by atoms with van der Waals surface area (Å²) in [5, 5.41) is 6.18. The number of fused-ring (bicyclic) bond motifs is 3. The van der Waals surface area contributed by atoms with Crippen LogP contribution in [0, 0.1) is 0 Å². The summed E-state index contributed by atoms with van der Waals surface area (Å²) >= 11 is 2.85. The molecule has 30 heavy (non-hydrogen) atoms. The van der Waals surface area contributed by atoms with Crippen LogP contribution < -0.4 is 16.2 Å². The van der Waals surface area contributed by atoms with Gasteiger partial charge in [0, 0.05) is 17.5 Å². The normalized spacial score (nSPS) is 16.4. The molecule has 160 valence electrons. The third kappa shape index (κ3) is 4.32. The number of imide groups is 1. The van der Waals surface area contributed by atoms with Crippen molar-refractivity contribution in [2.24, 2.45) is 0 Å². The van der Waals surface area contributed by atoms with Gasteiger partial charge in [0.2, 0.25) is 5.91 Å². The second kappa shape index (κ2) is 9.34. The van der Waals surface area contributed by atoms with Crippen LogP contribution in [0.2, 0.25) is 0 Å². The Labute approximate surface area is 183 Å². The molecule has 4 rings (SSSR count). The monoisotopic (exact) mass is 446 g/mol. The Hall–Kier alpha value is -2.13. The highest BCUT2D eigenvalue weighted by atomic mass is 32.2. The molecule has 0 bridgehead atoms. The Bertz CT molecular complexity index is 1040. The first kappa shape index (κ1) is 21.1. The van der Waals surface area contributed by atoms with E-state index in [-0.39, 0.29) is 23.9 Å². The van der Waals surface area contributed by atoms with Crippen LogP contribution in [0.4, 0.5) is 4.79 Å². The van der Waals surface area contributed by atoms with Crippen LogP contribution in [0.5, 0.6) is 0 Å². The van der Waals surface area contributed by atoms with E-state index >= 15 is 0 Å². The maximum Gasteiger partial charge on any atom is 0.321 e. The summed E-state index contributed by atoms with van der Waals surface area (Å²) in [7, 11) is 0. The summed E-state index contributed by atoms with van der Waals surface area (Å²) in [6.45, 7) is 3.81. The number of nitrogens with zero attached hydrogens (tertiary/aromatic N) is 2. The number of thioether (sulfide) groups is 1. The van der Waals surface area contributed by atoms with Gasteiger partial charge >= 0.3 is 6.03 Å². The number of aromatic nitrogens is 2. The Balaban J connectivity index is 1.62. The minimum absolute atomic E-state index is 0.0251. The van der Waals surface area contributed by atoms with Gasteiger partial charge in [0.1, 0.15) is 4.83 Å². The van der Waals surface area contributed by atoms with Crippen molar-refractivity contribution >= 4 is 45.3 Å². The second-order valence-electron chi connectivity index (χ2n) is 7.73. The molecule has 2 N–H and O–H groups in total. The summed E-state index contributed by atoms with van der Waals surface area (Å²) in [6.07, 6.45) is 9.91. The highest BCUT2D eigenvalue weighted by molar-refractivity contribution is 7.99. The number of carbonyl (C=O) groups is 2. The van der Waals surface area contributed by atoms with Gasteiger partial charge in [0.15, 0.2) is 5.16 Å². The molecule has 2 aromatic heterocycles. The lowest BCUT2D eigenvalue weighted by Crippen LogP contribution is -2.40. The van der Waals surface area contributed by atoms with Crippen LogP contribution in [0.25, 0.3) is 10.2 Å². The zero-order chi connectivity index (χ0) is 21.1. The fourth-order valence-electron chi connectivity index (χ4n) is 4.29. The van der Waals surface area contributed by atoms with Crippen LogP contribution in [-0.2, 0) is 17.6 Å². The lowest BCUT2D eigenvalue weighted by molar-refractivity contribution is -0.117. The number of aryl methyl sites for hydroxylation is 2. The molecule has 1 saturated carbocycles. The number of nitrogens with one attached hydrogen (secondary N) is 2. The number of urea groups is 1. The van der Waals surface area contributed by atoms with Crippen LogP contribution in [-0.4, -0.2) is 33.8 Å². The Morgan fingerprint density at radius 3 is 2.77 bits per heavy atom. The van der Waals surface area contributed by atoms with E-state index in [1.807, 2.05) is 4.57 Å². The summed E-state index contributed by atoms with van der Waals surface area (Å²) in [4.78, 5) is 44.3. The van der Waals surface area contributed by atoms with E-state index in [2.05, 4.69) is 17.2 Å². The SMILES string of the molecule is C=CCNC(=O)NC(=O)CSc1nc2sc3c(c2c(=O)n1C1CCCC1)CCCC3. The molecule has 2 aliphatic carbocycles. The van der Waals surface area contributed by atoms with Crippen molar-refractivity contribution in [2.75, 3.05) is 12.3 Å². The molecular formula is C21H26N4O3S2. The highest BCUT2D eigenvalue weighted by Gasteiger charge is 2.27. The van der Waals surface area contributed by atoms with Gasteiger partial charge in [-0.1, -0.05) is 30.7 Å². The third-order valence-corrected chi connectivity index (χ3v) is 7.81. The van der Waals surface area contributed by atoms with Crippen molar-refractivity contribution < 1.29 is 9.59 Å². The number of rotatable bonds is 6. The quantitative estimate of drug-likeness (QED) is 0.402. The van der Waals surface area contributed by atoms with Gasteiger partial charge in [-0.2, -0.15) is 0 Å². The largest absolute Gasteiger partial charge is 0.334 e. The second-order valence-corrected chi connectivity index (χ2v) is 9.76. The fraction of sp³-hybridized carbons (Fsp3) is 0.524. The Morgan fingerprint density at radius 1 is 1.23 bits per heavy atom. The molecule has 7 nitrogen and oxygen atoms in total. The number of carbonyl (C=O) groups excluding carboxylic acids is 2. The van der Waals surface area contributed by atoms with E-state index in [4.69, 9.17) is 4.98 Å². The van der Waals surface area contributed by atoms with Crippen LogP contribution >= 0.6 is 23.1 Å². The maximum atomic E-state index is 13.6. The van der Waals surface area contributed by atoms with Gasteiger partial charge in [0.25, 0.3) is 5.56 Å². The molecule has 2 aromatic rings. The van der Waals surface area contributed by atoms with Gasteiger partial charge in [-0.05, 0) is 44.1 Å². The van der Waals surface area contributed by atoms with E-state index in [0.717, 1.165) is 61.6 Å². The van der Waals surface area contributed by atoms with Crippen LogP contribution in [0.15, 0.2) is 22.6 Å². The third-order valence-electron chi connectivity index (χ3n) is 5.67. The number of hydrogen-bond donors (Lipinski definition) is 2. The summed E-state index contributed by atoms with van der Waals surface area (Å²) in [5.41, 5.74) is 1.23. The molecule has 0 unspecified atom stereocenters. The van der Waals surface area contributed by atoms with E-state index in [1.165, 1.54) is 22.2 Å². The average molecular weight is 447 g/mol. The van der Waals surface area contributed by atoms with Crippen molar-refractivity contribution in [3.8, 4) is 0 Å².